The Hall–Kier alpha value is -1.42. The largest absolute Gasteiger partial charge is 0.362 e. The van der Waals surface area contributed by atoms with E-state index in [2.05, 4.69) is 10.6 Å². The van der Waals surface area contributed by atoms with E-state index in [0.29, 0.717) is 0 Å². The van der Waals surface area contributed by atoms with Gasteiger partial charge in [-0.05, 0) is 31.0 Å². The second-order valence-electron chi connectivity index (χ2n) is 5.67. The highest BCUT2D eigenvalue weighted by molar-refractivity contribution is 6.68. The average molecular weight is 386 g/mol. The molecule has 128 valence electrons. The predicted molar refractivity (Wildman–Crippen MR) is 102 cm³/mol. The standard InChI is InChI=1S/C18H19Cl3N2O/c1-12-8-9-15(13(2)10-12)22-17(18(19,20)21)23-16(24)11-14-6-4-3-5-7-14/h3-10,17,22H,11H2,1-2H3,(H,23,24)/t17-/m0/s1. The van der Waals surface area contributed by atoms with E-state index < -0.39 is 9.96 Å². The van der Waals surface area contributed by atoms with E-state index in [-0.39, 0.29) is 12.3 Å². The number of alkyl halides is 3. The molecular weight excluding hydrogens is 367 g/mol. The number of amides is 1. The lowest BCUT2D eigenvalue weighted by Crippen LogP contribution is -2.49. The Morgan fingerprint density at radius 2 is 1.75 bits per heavy atom. The van der Waals surface area contributed by atoms with Gasteiger partial charge >= 0.3 is 0 Å². The van der Waals surface area contributed by atoms with Gasteiger partial charge < -0.3 is 10.6 Å². The molecule has 0 aliphatic heterocycles. The fraction of sp³-hybridized carbons (Fsp3) is 0.278. The molecule has 0 bridgehead atoms. The van der Waals surface area contributed by atoms with E-state index in [0.717, 1.165) is 22.4 Å². The number of hydrogen-bond acceptors (Lipinski definition) is 2. The summed E-state index contributed by atoms with van der Waals surface area (Å²) >= 11 is 18.1. The molecule has 24 heavy (non-hydrogen) atoms. The van der Waals surface area contributed by atoms with Gasteiger partial charge in [-0.15, -0.1) is 0 Å². The maximum Gasteiger partial charge on any atom is 0.228 e. The number of carbonyl (C=O) groups excluding carboxylic acids is 1. The van der Waals surface area contributed by atoms with E-state index in [1.807, 2.05) is 62.4 Å². The fourth-order valence-corrected chi connectivity index (χ4v) is 2.65. The van der Waals surface area contributed by atoms with Gasteiger partial charge in [0.15, 0.2) is 0 Å². The quantitative estimate of drug-likeness (QED) is 0.575. The van der Waals surface area contributed by atoms with Crippen LogP contribution in [-0.4, -0.2) is 15.9 Å². The number of aryl methyl sites for hydroxylation is 2. The van der Waals surface area contributed by atoms with Crippen molar-refractivity contribution in [2.75, 3.05) is 5.32 Å². The Bertz CT molecular complexity index is 699. The van der Waals surface area contributed by atoms with Crippen molar-refractivity contribution in [3.63, 3.8) is 0 Å². The van der Waals surface area contributed by atoms with Crippen molar-refractivity contribution in [1.82, 2.24) is 5.32 Å². The SMILES string of the molecule is Cc1ccc(N[C@@H](NC(=O)Cc2ccccc2)C(Cl)(Cl)Cl)c(C)c1. The molecule has 0 aromatic heterocycles. The van der Waals surface area contributed by atoms with Crippen LogP contribution in [0.5, 0.6) is 0 Å². The monoisotopic (exact) mass is 384 g/mol. The topological polar surface area (TPSA) is 41.1 Å². The van der Waals surface area contributed by atoms with Crippen LogP contribution in [0.3, 0.4) is 0 Å². The van der Waals surface area contributed by atoms with E-state index >= 15 is 0 Å². The van der Waals surface area contributed by atoms with Gasteiger partial charge in [-0.25, -0.2) is 0 Å². The Morgan fingerprint density at radius 1 is 1.08 bits per heavy atom. The lowest BCUT2D eigenvalue weighted by Gasteiger charge is -2.28. The summed E-state index contributed by atoms with van der Waals surface area (Å²) in [5.74, 6) is -0.227. The van der Waals surface area contributed by atoms with Gasteiger partial charge in [0.05, 0.1) is 6.42 Å². The minimum atomic E-state index is -1.69. The summed E-state index contributed by atoms with van der Waals surface area (Å²) in [5, 5.41) is 5.85. The van der Waals surface area contributed by atoms with Gasteiger partial charge in [-0.1, -0.05) is 82.8 Å². The first-order chi connectivity index (χ1) is 11.3. The van der Waals surface area contributed by atoms with Crippen LogP contribution in [0.4, 0.5) is 5.69 Å². The third kappa shape index (κ3) is 5.59. The second kappa shape index (κ2) is 8.11. The molecule has 2 aromatic rings. The third-order valence-electron chi connectivity index (χ3n) is 3.52. The van der Waals surface area contributed by atoms with Crippen LogP contribution in [0.25, 0.3) is 0 Å². The Kier molecular flexibility index (Phi) is 6.39. The van der Waals surface area contributed by atoms with Crippen molar-refractivity contribution in [1.29, 1.82) is 0 Å². The van der Waals surface area contributed by atoms with Gasteiger partial charge in [0.1, 0.15) is 6.17 Å². The number of nitrogens with one attached hydrogen (secondary N) is 2. The van der Waals surface area contributed by atoms with Crippen LogP contribution in [0.1, 0.15) is 16.7 Å². The Labute approximate surface area is 157 Å². The van der Waals surface area contributed by atoms with Crippen LogP contribution in [0.15, 0.2) is 48.5 Å². The number of anilines is 1. The van der Waals surface area contributed by atoms with Crippen molar-refractivity contribution < 1.29 is 4.79 Å². The van der Waals surface area contributed by atoms with E-state index in [1.54, 1.807) is 0 Å². The molecule has 0 heterocycles. The number of rotatable bonds is 5. The number of carbonyl (C=O) groups is 1. The van der Waals surface area contributed by atoms with Gasteiger partial charge in [0.25, 0.3) is 0 Å². The van der Waals surface area contributed by atoms with Crippen molar-refractivity contribution in [2.24, 2.45) is 0 Å². The fourth-order valence-electron chi connectivity index (χ4n) is 2.32. The Balaban J connectivity index is 2.10. The highest BCUT2D eigenvalue weighted by atomic mass is 35.6. The molecule has 0 saturated carbocycles. The maximum atomic E-state index is 12.3. The predicted octanol–water partition coefficient (Wildman–Crippen LogP) is 4.77. The minimum absolute atomic E-state index is 0.215. The van der Waals surface area contributed by atoms with Crippen molar-refractivity contribution in [3.8, 4) is 0 Å². The Morgan fingerprint density at radius 3 is 2.33 bits per heavy atom. The molecular formula is C18H19Cl3N2O. The van der Waals surface area contributed by atoms with Gasteiger partial charge in [0.2, 0.25) is 9.70 Å². The summed E-state index contributed by atoms with van der Waals surface area (Å²) in [6.07, 6.45) is -0.632. The summed E-state index contributed by atoms with van der Waals surface area (Å²) in [7, 11) is 0. The minimum Gasteiger partial charge on any atom is -0.362 e. The smallest absolute Gasteiger partial charge is 0.228 e. The normalized spacial score (nSPS) is 12.5. The first-order valence-corrected chi connectivity index (χ1v) is 8.63. The van der Waals surface area contributed by atoms with E-state index in [1.165, 1.54) is 0 Å². The molecule has 0 spiro atoms. The molecule has 6 heteroatoms. The maximum absolute atomic E-state index is 12.3. The first-order valence-electron chi connectivity index (χ1n) is 7.49. The van der Waals surface area contributed by atoms with Gasteiger partial charge in [-0.2, -0.15) is 0 Å². The lowest BCUT2D eigenvalue weighted by atomic mass is 10.1. The molecule has 0 aliphatic carbocycles. The highest BCUT2D eigenvalue weighted by Gasteiger charge is 2.34. The molecule has 0 radical (unpaired) electrons. The summed E-state index contributed by atoms with van der Waals surface area (Å²) < 4.78 is -1.69. The summed E-state index contributed by atoms with van der Waals surface area (Å²) in [6.45, 7) is 3.96. The molecule has 3 nitrogen and oxygen atoms in total. The molecule has 1 amide bonds. The van der Waals surface area contributed by atoms with Gasteiger partial charge in [0, 0.05) is 5.69 Å². The van der Waals surface area contributed by atoms with Gasteiger partial charge in [-0.3, -0.25) is 4.79 Å². The zero-order chi connectivity index (χ0) is 17.7. The zero-order valence-corrected chi connectivity index (χ0v) is 15.7. The molecule has 1 atom stereocenters. The third-order valence-corrected chi connectivity index (χ3v) is 4.18. The molecule has 0 saturated heterocycles. The summed E-state index contributed by atoms with van der Waals surface area (Å²) in [5.41, 5.74) is 3.84. The van der Waals surface area contributed by atoms with Crippen molar-refractivity contribution in [2.45, 2.75) is 30.2 Å². The molecule has 2 N–H and O–H groups in total. The number of hydrogen-bond donors (Lipinski definition) is 2. The molecule has 0 fully saturated rings. The van der Waals surface area contributed by atoms with E-state index in [4.69, 9.17) is 34.8 Å². The first kappa shape index (κ1) is 18.9. The molecule has 0 aliphatic rings. The molecule has 2 rings (SSSR count). The van der Waals surface area contributed by atoms with Crippen LogP contribution in [0, 0.1) is 13.8 Å². The average Bonchev–Trinajstić information content (AvgIpc) is 2.49. The second-order valence-corrected chi connectivity index (χ2v) is 8.04. The van der Waals surface area contributed by atoms with Crippen LogP contribution in [0.2, 0.25) is 0 Å². The number of benzene rings is 2. The van der Waals surface area contributed by atoms with Crippen LogP contribution >= 0.6 is 34.8 Å². The lowest BCUT2D eigenvalue weighted by molar-refractivity contribution is -0.120. The van der Waals surface area contributed by atoms with E-state index in [9.17, 15) is 4.79 Å². The number of halogens is 3. The van der Waals surface area contributed by atoms with Crippen LogP contribution in [-0.2, 0) is 11.2 Å². The molecule has 0 unspecified atom stereocenters. The summed E-state index contributed by atoms with van der Waals surface area (Å²) in [4.78, 5) is 12.3. The zero-order valence-electron chi connectivity index (χ0n) is 13.4. The van der Waals surface area contributed by atoms with Crippen molar-refractivity contribution >= 4 is 46.4 Å². The highest BCUT2D eigenvalue weighted by Crippen LogP contribution is 2.32. The van der Waals surface area contributed by atoms with Crippen LogP contribution < -0.4 is 10.6 Å². The molecule has 2 aromatic carbocycles. The van der Waals surface area contributed by atoms with Crippen molar-refractivity contribution in [3.05, 3.63) is 65.2 Å². The summed E-state index contributed by atoms with van der Waals surface area (Å²) in [6, 6.07) is 15.3.